The molecule has 9 aromatic rings. The molecule has 0 fully saturated rings. The number of fused-ring (bicyclic) bond motifs is 5. The van der Waals surface area contributed by atoms with Crippen molar-refractivity contribution in [2.75, 3.05) is 4.90 Å². The molecule has 1 atom stereocenters. The van der Waals surface area contributed by atoms with E-state index in [-0.39, 0.29) is 6.10 Å². The van der Waals surface area contributed by atoms with Crippen molar-refractivity contribution < 1.29 is 4.74 Å². The highest BCUT2D eigenvalue weighted by atomic mass is 16.5. The highest BCUT2D eigenvalue weighted by Gasteiger charge is 2.28. The number of nitrogens with zero attached hydrogens (tertiary/aromatic N) is 1. The van der Waals surface area contributed by atoms with Crippen molar-refractivity contribution in [3.63, 3.8) is 0 Å². The van der Waals surface area contributed by atoms with Gasteiger partial charge in [0.05, 0.1) is 5.69 Å². The number of ether oxygens (including phenoxy) is 1. The fourth-order valence-corrected chi connectivity index (χ4v) is 9.28. The largest absolute Gasteiger partial charge is 0.485 e. The van der Waals surface area contributed by atoms with Crippen LogP contribution in [0, 0.1) is 0 Å². The predicted octanol–water partition coefficient (Wildman–Crippen LogP) is 14.9. The zero-order valence-electron chi connectivity index (χ0n) is 32.2. The summed E-state index contributed by atoms with van der Waals surface area (Å²) in [6, 6.07) is 75.1. The SMILES string of the molecule is c1ccc(-c2ccc(N(c3ccc(-c4cccc5c4-c4cc6c(cc4C5)CCC(c4ccccc4)O6)cc3)c3ccccc3-c3cccc4ccccc34)cc2)cc1. The molecular weight excluding hydrogens is 703 g/mol. The maximum absolute atomic E-state index is 6.72. The topological polar surface area (TPSA) is 12.5 Å². The molecule has 9 aromatic carbocycles. The van der Waals surface area contributed by atoms with Crippen molar-refractivity contribution in [3.8, 4) is 50.3 Å². The second-order valence-corrected chi connectivity index (χ2v) is 15.5. The summed E-state index contributed by atoms with van der Waals surface area (Å²) in [5, 5.41) is 2.48. The lowest BCUT2D eigenvalue weighted by Gasteiger charge is -2.28. The summed E-state index contributed by atoms with van der Waals surface area (Å²) in [7, 11) is 0. The Morgan fingerprint density at radius 2 is 1.05 bits per heavy atom. The Morgan fingerprint density at radius 1 is 0.431 bits per heavy atom. The third-order valence-corrected chi connectivity index (χ3v) is 12.1. The first-order valence-electron chi connectivity index (χ1n) is 20.4. The number of para-hydroxylation sites is 1. The number of benzene rings is 9. The van der Waals surface area contributed by atoms with Crippen molar-refractivity contribution >= 4 is 27.8 Å². The molecule has 2 heteroatoms. The van der Waals surface area contributed by atoms with E-state index in [9.17, 15) is 0 Å². The zero-order chi connectivity index (χ0) is 38.4. The van der Waals surface area contributed by atoms with Gasteiger partial charge in [-0.2, -0.15) is 0 Å². The molecule has 0 aromatic heterocycles. The van der Waals surface area contributed by atoms with Gasteiger partial charge >= 0.3 is 0 Å². The van der Waals surface area contributed by atoms with E-state index in [0.29, 0.717) is 0 Å². The minimum Gasteiger partial charge on any atom is -0.485 e. The van der Waals surface area contributed by atoms with Crippen LogP contribution in [0.2, 0.25) is 0 Å². The molecule has 2 nitrogen and oxygen atoms in total. The molecule has 1 aliphatic carbocycles. The standard InChI is InChI=1S/C56H41NO/c1-3-13-38(14-4-1)39-25-30-46(31-26-39)57(53-24-10-9-21-51(53)50-23-11-18-40-15-7-8-20-48(40)50)47-32-27-41(28-33-47)49-22-12-19-44-36-45-35-43-29-34-54(42-16-5-2-6-17-42)58-55(43)37-52(45)56(44)49/h1-28,30-33,35,37,54H,29,34,36H2. The molecule has 11 rings (SSSR count). The quantitative estimate of drug-likeness (QED) is 0.161. The van der Waals surface area contributed by atoms with Crippen LogP contribution in [0.3, 0.4) is 0 Å². The monoisotopic (exact) mass is 743 g/mol. The summed E-state index contributed by atoms with van der Waals surface area (Å²) < 4.78 is 6.72. The minimum atomic E-state index is 0.0821. The Kier molecular flexibility index (Phi) is 8.47. The van der Waals surface area contributed by atoms with E-state index in [2.05, 4.69) is 211 Å². The molecule has 0 N–H and O–H groups in total. The van der Waals surface area contributed by atoms with Gasteiger partial charge in [0.1, 0.15) is 11.9 Å². The second-order valence-electron chi connectivity index (χ2n) is 15.5. The molecule has 276 valence electrons. The fraction of sp³-hybridized carbons (Fsp3) is 0.0714. The minimum absolute atomic E-state index is 0.0821. The maximum atomic E-state index is 6.72. The van der Waals surface area contributed by atoms with E-state index in [1.165, 1.54) is 77.5 Å². The number of hydrogen-bond donors (Lipinski definition) is 0. The van der Waals surface area contributed by atoms with E-state index in [1.54, 1.807) is 0 Å². The smallest absolute Gasteiger partial charge is 0.124 e. The Bertz CT molecular complexity index is 2930. The van der Waals surface area contributed by atoms with Crippen LogP contribution in [0.25, 0.3) is 55.3 Å². The van der Waals surface area contributed by atoms with Gasteiger partial charge in [0, 0.05) is 16.9 Å². The van der Waals surface area contributed by atoms with Gasteiger partial charge in [-0.1, -0.05) is 170 Å². The molecule has 2 aliphatic rings. The molecule has 58 heavy (non-hydrogen) atoms. The van der Waals surface area contributed by atoms with Crippen LogP contribution in [-0.4, -0.2) is 0 Å². The molecule has 0 saturated carbocycles. The summed E-state index contributed by atoms with van der Waals surface area (Å²) in [4.78, 5) is 2.41. The van der Waals surface area contributed by atoms with Crippen molar-refractivity contribution in [3.05, 3.63) is 229 Å². The first kappa shape index (κ1) is 34.1. The van der Waals surface area contributed by atoms with E-state index in [1.807, 2.05) is 0 Å². The van der Waals surface area contributed by atoms with Crippen molar-refractivity contribution in [1.82, 2.24) is 0 Å². The molecule has 1 unspecified atom stereocenters. The van der Waals surface area contributed by atoms with Crippen LogP contribution in [0.5, 0.6) is 5.75 Å². The van der Waals surface area contributed by atoms with Crippen LogP contribution in [0.4, 0.5) is 17.1 Å². The number of aryl methyl sites for hydroxylation is 1. The molecule has 0 spiro atoms. The molecule has 0 radical (unpaired) electrons. The highest BCUT2D eigenvalue weighted by Crippen LogP contribution is 2.49. The van der Waals surface area contributed by atoms with E-state index < -0.39 is 0 Å². The van der Waals surface area contributed by atoms with Crippen LogP contribution in [0.15, 0.2) is 206 Å². The number of hydrogen-bond acceptors (Lipinski definition) is 2. The average molecular weight is 744 g/mol. The molecular formula is C56H41NO. The van der Waals surface area contributed by atoms with E-state index in [4.69, 9.17) is 4.74 Å². The maximum Gasteiger partial charge on any atom is 0.124 e. The van der Waals surface area contributed by atoms with Gasteiger partial charge in [-0.25, -0.2) is 0 Å². The first-order chi connectivity index (χ1) is 28.7. The molecule has 1 aliphatic heterocycles. The molecule has 0 saturated heterocycles. The molecule has 1 heterocycles. The number of anilines is 3. The first-order valence-corrected chi connectivity index (χ1v) is 20.4. The van der Waals surface area contributed by atoms with Crippen molar-refractivity contribution in [1.29, 1.82) is 0 Å². The average Bonchev–Trinajstić information content (AvgIpc) is 3.67. The van der Waals surface area contributed by atoms with Crippen LogP contribution >= 0.6 is 0 Å². The van der Waals surface area contributed by atoms with Gasteiger partial charge in [0.25, 0.3) is 0 Å². The third kappa shape index (κ3) is 6.06. The summed E-state index contributed by atoms with van der Waals surface area (Å²) >= 11 is 0. The molecule has 0 amide bonds. The lowest BCUT2D eigenvalue weighted by Crippen LogP contribution is -2.15. The summed E-state index contributed by atoms with van der Waals surface area (Å²) in [6.45, 7) is 0. The van der Waals surface area contributed by atoms with E-state index in [0.717, 1.165) is 42.1 Å². The Balaban J connectivity index is 0.997. The fourth-order valence-electron chi connectivity index (χ4n) is 9.28. The lowest BCUT2D eigenvalue weighted by molar-refractivity contribution is 0.176. The van der Waals surface area contributed by atoms with Gasteiger partial charge in [0.2, 0.25) is 0 Å². The van der Waals surface area contributed by atoms with Gasteiger partial charge in [-0.3, -0.25) is 0 Å². The van der Waals surface area contributed by atoms with Gasteiger partial charge in [-0.05, 0) is 128 Å². The Labute approximate surface area is 340 Å². The van der Waals surface area contributed by atoms with Crippen LogP contribution in [-0.2, 0) is 12.8 Å². The number of rotatable bonds is 7. The summed E-state index contributed by atoms with van der Waals surface area (Å²) in [6.07, 6.45) is 3.06. The highest BCUT2D eigenvalue weighted by molar-refractivity contribution is 6.01. The van der Waals surface area contributed by atoms with Gasteiger partial charge < -0.3 is 9.64 Å². The van der Waals surface area contributed by atoms with Crippen LogP contribution < -0.4 is 9.64 Å². The van der Waals surface area contributed by atoms with E-state index >= 15 is 0 Å². The van der Waals surface area contributed by atoms with Crippen molar-refractivity contribution in [2.45, 2.75) is 25.4 Å². The lowest BCUT2D eigenvalue weighted by atomic mass is 9.91. The van der Waals surface area contributed by atoms with Crippen LogP contribution in [0.1, 0.15) is 34.8 Å². The molecule has 0 bridgehead atoms. The third-order valence-electron chi connectivity index (χ3n) is 12.1. The van der Waals surface area contributed by atoms with Gasteiger partial charge in [0.15, 0.2) is 0 Å². The zero-order valence-corrected chi connectivity index (χ0v) is 32.2. The Hall–Kier alpha value is -7.16. The van der Waals surface area contributed by atoms with Crippen molar-refractivity contribution in [2.24, 2.45) is 0 Å². The normalized spacial score (nSPS) is 14.0. The predicted molar refractivity (Wildman–Crippen MR) is 241 cm³/mol. The van der Waals surface area contributed by atoms with Gasteiger partial charge in [-0.15, -0.1) is 0 Å². The second kappa shape index (κ2) is 14.4. The summed E-state index contributed by atoms with van der Waals surface area (Å²) in [5.74, 6) is 1.02. The Morgan fingerprint density at radius 3 is 1.86 bits per heavy atom. The summed E-state index contributed by atoms with van der Waals surface area (Å²) in [5.41, 5.74) is 18.6.